The molecule has 4 rings (SSSR count). The second-order valence-corrected chi connectivity index (χ2v) is 8.66. The van der Waals surface area contributed by atoms with Gasteiger partial charge in [0.15, 0.2) is 0 Å². The number of fused-ring (bicyclic) bond motifs is 4. The van der Waals surface area contributed by atoms with E-state index < -0.39 is 23.2 Å². The zero-order chi connectivity index (χ0) is 20.1. The number of nitrogens with one attached hydrogen (secondary N) is 2. The van der Waals surface area contributed by atoms with Gasteiger partial charge in [-0.15, -0.1) is 0 Å². The largest absolute Gasteiger partial charge is 0.324 e. The average molecular weight is 405 g/mol. The lowest BCUT2D eigenvalue weighted by Gasteiger charge is -2.29. The van der Waals surface area contributed by atoms with Gasteiger partial charge in [-0.25, -0.2) is 4.39 Å². The number of thioether (sulfide) groups is 1. The minimum Gasteiger partial charge on any atom is -0.324 e. The quantitative estimate of drug-likeness (QED) is 0.709. The van der Waals surface area contributed by atoms with Crippen molar-refractivity contribution in [3.05, 3.63) is 29.6 Å². The summed E-state index contributed by atoms with van der Waals surface area (Å²) in [6.45, 7) is 2.36. The summed E-state index contributed by atoms with van der Waals surface area (Å²) in [5.74, 6) is -2.03. The Morgan fingerprint density at radius 2 is 2.04 bits per heavy atom. The SMILES string of the molecule is CCCCN1C(=O)[C@@H]2[C@H](CCSC)N[C@]3(C(=O)Nc4ccc(F)cc43)[C@@H]2C1=O. The Bertz CT molecular complexity index is 848. The third-order valence-electron chi connectivity index (χ3n) is 6.14. The van der Waals surface area contributed by atoms with E-state index in [0.717, 1.165) is 18.6 Å². The van der Waals surface area contributed by atoms with Crippen LogP contribution in [0.4, 0.5) is 10.1 Å². The molecule has 2 fully saturated rings. The number of rotatable bonds is 6. The lowest BCUT2D eigenvalue weighted by atomic mass is 9.76. The monoisotopic (exact) mass is 405 g/mol. The van der Waals surface area contributed by atoms with Crippen molar-refractivity contribution < 1.29 is 18.8 Å². The Balaban J connectivity index is 1.81. The van der Waals surface area contributed by atoms with E-state index in [9.17, 15) is 18.8 Å². The number of nitrogens with zero attached hydrogens (tertiary/aromatic N) is 1. The van der Waals surface area contributed by atoms with Crippen LogP contribution in [0.5, 0.6) is 0 Å². The highest BCUT2D eigenvalue weighted by Gasteiger charge is 2.70. The lowest BCUT2D eigenvalue weighted by Crippen LogP contribution is -2.53. The van der Waals surface area contributed by atoms with Crippen LogP contribution in [0.25, 0.3) is 0 Å². The predicted octanol–water partition coefficient (Wildman–Crippen LogP) is 2.10. The van der Waals surface area contributed by atoms with Crippen LogP contribution in [0.15, 0.2) is 18.2 Å². The maximum atomic E-state index is 14.1. The van der Waals surface area contributed by atoms with Gasteiger partial charge in [-0.3, -0.25) is 24.6 Å². The van der Waals surface area contributed by atoms with Gasteiger partial charge < -0.3 is 5.32 Å². The van der Waals surface area contributed by atoms with Crippen molar-refractivity contribution in [2.45, 2.75) is 37.8 Å². The van der Waals surface area contributed by atoms with Gasteiger partial charge in [0.2, 0.25) is 17.7 Å². The summed E-state index contributed by atoms with van der Waals surface area (Å²) in [4.78, 5) is 40.9. The molecule has 1 aromatic rings. The first-order valence-electron chi connectivity index (χ1n) is 9.69. The number of carbonyl (C=O) groups is 3. The molecule has 2 N–H and O–H groups in total. The third kappa shape index (κ3) is 2.61. The molecule has 3 aliphatic rings. The molecule has 0 aliphatic carbocycles. The first-order chi connectivity index (χ1) is 13.5. The van der Waals surface area contributed by atoms with Crippen LogP contribution in [0, 0.1) is 17.7 Å². The number of imide groups is 1. The number of likely N-dealkylation sites (tertiary alicyclic amines) is 1. The van der Waals surface area contributed by atoms with Crippen molar-refractivity contribution in [2.24, 2.45) is 11.8 Å². The Hall–Kier alpha value is -1.93. The first-order valence-corrected chi connectivity index (χ1v) is 11.1. The second kappa shape index (κ2) is 7.15. The summed E-state index contributed by atoms with van der Waals surface area (Å²) < 4.78 is 14.1. The van der Waals surface area contributed by atoms with E-state index in [1.54, 1.807) is 11.8 Å². The molecule has 28 heavy (non-hydrogen) atoms. The Morgan fingerprint density at radius 3 is 2.75 bits per heavy atom. The molecule has 1 aromatic carbocycles. The topological polar surface area (TPSA) is 78.5 Å². The lowest BCUT2D eigenvalue weighted by molar-refractivity contribution is -0.142. The van der Waals surface area contributed by atoms with Crippen LogP contribution < -0.4 is 10.6 Å². The summed E-state index contributed by atoms with van der Waals surface area (Å²) >= 11 is 1.65. The van der Waals surface area contributed by atoms with E-state index in [-0.39, 0.29) is 23.8 Å². The number of hydrogen-bond acceptors (Lipinski definition) is 5. The summed E-state index contributed by atoms with van der Waals surface area (Å²) in [5.41, 5.74) is -0.466. The molecule has 0 saturated carbocycles. The number of unbranched alkanes of at least 4 members (excludes halogenated alkanes) is 1. The van der Waals surface area contributed by atoms with Crippen molar-refractivity contribution in [1.82, 2.24) is 10.2 Å². The van der Waals surface area contributed by atoms with Gasteiger partial charge in [0.25, 0.3) is 0 Å². The maximum absolute atomic E-state index is 14.1. The van der Waals surface area contributed by atoms with E-state index in [4.69, 9.17) is 0 Å². The van der Waals surface area contributed by atoms with Crippen LogP contribution in [-0.2, 0) is 19.9 Å². The van der Waals surface area contributed by atoms with Crippen LogP contribution in [0.2, 0.25) is 0 Å². The van der Waals surface area contributed by atoms with Gasteiger partial charge in [0.05, 0.1) is 11.8 Å². The Labute approximate surface area is 167 Å². The third-order valence-corrected chi connectivity index (χ3v) is 6.78. The number of amides is 3. The normalized spacial score (nSPS) is 30.9. The molecule has 8 heteroatoms. The highest BCUT2D eigenvalue weighted by Crippen LogP contribution is 2.53. The smallest absolute Gasteiger partial charge is 0.250 e. The van der Waals surface area contributed by atoms with Gasteiger partial charge >= 0.3 is 0 Å². The van der Waals surface area contributed by atoms with Gasteiger partial charge in [0, 0.05) is 23.8 Å². The standard InChI is InChI=1S/C20H24FN3O3S/c1-3-4-8-24-17(25)15-14(7-9-28-2)23-20(16(15)18(24)26)12-10-11(21)5-6-13(12)22-19(20)27/h5-6,10,14-16,23H,3-4,7-9H2,1-2H3,(H,22,27)/t14-,15+,16-,20-/m0/s1. The zero-order valence-corrected chi connectivity index (χ0v) is 16.8. The molecule has 1 spiro atoms. The molecular weight excluding hydrogens is 381 g/mol. The molecule has 6 nitrogen and oxygen atoms in total. The van der Waals surface area contributed by atoms with Gasteiger partial charge in [-0.1, -0.05) is 13.3 Å². The number of anilines is 1. The van der Waals surface area contributed by atoms with E-state index in [1.807, 2.05) is 13.2 Å². The second-order valence-electron chi connectivity index (χ2n) is 7.67. The van der Waals surface area contributed by atoms with Crippen LogP contribution in [0.3, 0.4) is 0 Å². The van der Waals surface area contributed by atoms with Crippen LogP contribution >= 0.6 is 11.8 Å². The molecule has 0 bridgehead atoms. The van der Waals surface area contributed by atoms with Gasteiger partial charge in [-0.2, -0.15) is 11.8 Å². The molecule has 3 amide bonds. The summed E-state index contributed by atoms with van der Waals surface area (Å²) in [6, 6.07) is 3.80. The minimum atomic E-state index is -1.39. The highest BCUT2D eigenvalue weighted by molar-refractivity contribution is 7.98. The minimum absolute atomic E-state index is 0.211. The first kappa shape index (κ1) is 19.4. The molecule has 3 aliphatic heterocycles. The predicted molar refractivity (Wildman–Crippen MR) is 105 cm³/mol. The fraction of sp³-hybridized carbons (Fsp3) is 0.550. The van der Waals surface area contributed by atoms with Crippen molar-refractivity contribution in [2.75, 3.05) is 23.9 Å². The molecule has 150 valence electrons. The van der Waals surface area contributed by atoms with Crippen molar-refractivity contribution in [1.29, 1.82) is 0 Å². The molecule has 0 radical (unpaired) electrons. The van der Waals surface area contributed by atoms with Crippen molar-refractivity contribution in [3.63, 3.8) is 0 Å². The Kier molecular flexibility index (Phi) is 4.95. The molecule has 3 heterocycles. The fourth-order valence-electron chi connectivity index (χ4n) is 4.86. The van der Waals surface area contributed by atoms with E-state index in [0.29, 0.717) is 24.2 Å². The van der Waals surface area contributed by atoms with E-state index >= 15 is 0 Å². The number of carbonyl (C=O) groups excluding carboxylic acids is 3. The molecule has 0 unspecified atom stereocenters. The average Bonchev–Trinajstić information content (AvgIpc) is 3.24. The molecule has 2 saturated heterocycles. The van der Waals surface area contributed by atoms with Gasteiger partial charge in [-0.05, 0) is 43.0 Å². The van der Waals surface area contributed by atoms with Crippen LogP contribution in [0.1, 0.15) is 31.7 Å². The number of halogens is 1. The Morgan fingerprint density at radius 1 is 1.25 bits per heavy atom. The highest BCUT2D eigenvalue weighted by atomic mass is 32.2. The number of hydrogen-bond donors (Lipinski definition) is 2. The maximum Gasteiger partial charge on any atom is 0.250 e. The van der Waals surface area contributed by atoms with Gasteiger partial charge in [0.1, 0.15) is 11.4 Å². The summed E-state index contributed by atoms with van der Waals surface area (Å²) in [5, 5.41) is 6.10. The van der Waals surface area contributed by atoms with E-state index in [1.165, 1.54) is 23.1 Å². The zero-order valence-electron chi connectivity index (χ0n) is 16.0. The molecular formula is C20H24FN3O3S. The summed E-state index contributed by atoms with van der Waals surface area (Å²) in [6.07, 6.45) is 4.22. The fourth-order valence-corrected chi connectivity index (χ4v) is 5.35. The van der Waals surface area contributed by atoms with Crippen molar-refractivity contribution >= 4 is 35.2 Å². The summed E-state index contributed by atoms with van der Waals surface area (Å²) in [7, 11) is 0. The molecule has 4 atom stereocenters. The van der Waals surface area contributed by atoms with Crippen molar-refractivity contribution in [3.8, 4) is 0 Å². The molecule has 0 aromatic heterocycles. The number of benzene rings is 1. The van der Waals surface area contributed by atoms with Crippen LogP contribution in [-0.4, -0.2) is 47.2 Å². The van der Waals surface area contributed by atoms with E-state index in [2.05, 4.69) is 10.6 Å².